The number of allylic oxidation sites excluding steroid dienone is 4. The molecule has 0 unspecified atom stereocenters. The van der Waals surface area contributed by atoms with E-state index in [9.17, 15) is 24.3 Å². The number of aliphatic hydroxyl groups is 1. The van der Waals surface area contributed by atoms with Gasteiger partial charge in [0.2, 0.25) is 11.7 Å². The summed E-state index contributed by atoms with van der Waals surface area (Å²) in [5.41, 5.74) is 2.81. The predicted molar refractivity (Wildman–Crippen MR) is 172 cm³/mol. The zero-order chi connectivity index (χ0) is 34.1. The van der Waals surface area contributed by atoms with Crippen LogP contribution in [0.25, 0.3) is 0 Å². The number of nitrogens with two attached hydrogens (primary N) is 1. The monoisotopic (exact) mass is 651 g/mol. The van der Waals surface area contributed by atoms with Crippen LogP contribution in [0.1, 0.15) is 71.9 Å². The van der Waals surface area contributed by atoms with Crippen LogP contribution in [0.5, 0.6) is 0 Å². The number of carbonyl (C=O) groups excluding carboxylic acids is 4. The maximum absolute atomic E-state index is 17.4. The largest absolute Gasteiger partial charge is 0.441 e. The van der Waals surface area contributed by atoms with Crippen molar-refractivity contribution >= 4 is 29.3 Å². The van der Waals surface area contributed by atoms with Crippen LogP contribution in [0.4, 0.5) is 14.9 Å². The summed E-state index contributed by atoms with van der Waals surface area (Å²) in [5.74, 6) is -1.84. The number of halogens is 1. The molecular formula is C36H46FN3O7. The Morgan fingerprint density at radius 2 is 1.87 bits per heavy atom. The highest BCUT2D eigenvalue weighted by atomic mass is 19.1. The molecule has 1 spiro atoms. The average Bonchev–Trinajstić information content (AvgIpc) is 3.18. The Bertz CT molecular complexity index is 1540. The van der Waals surface area contributed by atoms with Crippen molar-refractivity contribution in [3.8, 4) is 0 Å². The van der Waals surface area contributed by atoms with Crippen LogP contribution >= 0.6 is 0 Å². The summed E-state index contributed by atoms with van der Waals surface area (Å²) in [4.78, 5) is 51.1. The van der Waals surface area contributed by atoms with Gasteiger partial charge in [-0.1, -0.05) is 44.6 Å². The Balaban J connectivity index is 1.11. The Morgan fingerprint density at radius 1 is 1.17 bits per heavy atom. The fourth-order valence-electron chi connectivity index (χ4n) is 9.59. The second-order valence-electron chi connectivity index (χ2n) is 14.9. The number of anilines is 1. The molecule has 10 atom stereocenters. The number of hydrogen-bond acceptors (Lipinski definition) is 8. The van der Waals surface area contributed by atoms with Gasteiger partial charge in [-0.05, 0) is 87.1 Å². The maximum Gasteiger partial charge on any atom is 0.408 e. The van der Waals surface area contributed by atoms with Gasteiger partial charge in [0, 0.05) is 22.4 Å². The number of amides is 2. The molecule has 47 heavy (non-hydrogen) atoms. The van der Waals surface area contributed by atoms with Gasteiger partial charge in [-0.3, -0.25) is 14.4 Å². The van der Waals surface area contributed by atoms with Crippen molar-refractivity contribution in [3.05, 3.63) is 53.6 Å². The average molecular weight is 652 g/mol. The molecule has 3 saturated carbocycles. The molecule has 0 bridgehead atoms. The number of Topliss-reactive ketones (excluding diaryl/α,β-unsaturated/α-hetero) is 1. The summed E-state index contributed by atoms with van der Waals surface area (Å²) in [6.45, 7) is 8.91. The number of hydrogen-bond donors (Lipinski definition) is 4. The van der Waals surface area contributed by atoms with E-state index in [2.05, 4.69) is 10.6 Å². The fourth-order valence-corrected chi connectivity index (χ4v) is 9.59. The first-order valence-electron chi connectivity index (χ1n) is 16.7. The molecule has 0 radical (unpaired) electrons. The first-order chi connectivity index (χ1) is 22.1. The highest BCUT2D eigenvalue weighted by molar-refractivity contribution is 6.01. The van der Waals surface area contributed by atoms with Gasteiger partial charge in [0.05, 0.1) is 24.8 Å². The standard InChI is InChI=1S/C36H46FN3O7/c1-19(2)30(38)31(44)40-24-9-6-22(7-10-24)21(4)39-32(45)46-17-29(43)36-20(3)14-27-26-11-8-23-15-25(41)12-13-33(23,5)35(26,37)28(42)16-34(27,36)18-47-36/h6-7,9-10,12-13,15,19-21,26-28,30,42H,8,11,14,16-18,38H2,1-5H3,(H,39,45)(H,40,44)/t20-,21+,26+,27+,28+,30+,33+,34-,35+,36+/m1/s1. The maximum atomic E-state index is 17.4. The van der Waals surface area contributed by atoms with Gasteiger partial charge in [0.25, 0.3) is 0 Å². The molecule has 5 aliphatic rings. The van der Waals surface area contributed by atoms with Gasteiger partial charge in [-0.2, -0.15) is 0 Å². The fraction of sp³-hybridized carbons (Fsp3) is 0.611. The van der Waals surface area contributed by atoms with Crippen LogP contribution in [-0.4, -0.2) is 65.3 Å². The summed E-state index contributed by atoms with van der Waals surface area (Å²) in [5, 5.41) is 17.1. The zero-order valence-corrected chi connectivity index (χ0v) is 27.7. The topological polar surface area (TPSA) is 157 Å². The lowest BCUT2D eigenvalue weighted by Gasteiger charge is -2.67. The molecular weight excluding hydrogens is 605 g/mol. The van der Waals surface area contributed by atoms with Crippen molar-refractivity contribution in [1.82, 2.24) is 5.32 Å². The van der Waals surface area contributed by atoms with Gasteiger partial charge < -0.3 is 30.9 Å². The number of rotatable bonds is 8. The highest BCUT2D eigenvalue weighted by Gasteiger charge is 2.81. The summed E-state index contributed by atoms with van der Waals surface area (Å²) in [6.07, 6.45) is 3.99. The van der Waals surface area contributed by atoms with Gasteiger partial charge in [-0.25, -0.2) is 9.18 Å². The highest BCUT2D eigenvalue weighted by Crippen LogP contribution is 2.74. The number of fused-ring (bicyclic) bond motifs is 4. The molecule has 1 saturated heterocycles. The van der Waals surface area contributed by atoms with Crippen LogP contribution in [-0.2, 0) is 23.9 Å². The van der Waals surface area contributed by atoms with E-state index < -0.39 is 58.9 Å². The molecule has 0 aromatic heterocycles. The summed E-state index contributed by atoms with van der Waals surface area (Å²) < 4.78 is 29.0. The summed E-state index contributed by atoms with van der Waals surface area (Å²) in [7, 11) is 0. The van der Waals surface area contributed by atoms with Crippen molar-refractivity contribution in [2.24, 2.45) is 40.2 Å². The Labute approximate surface area is 274 Å². The Hall–Kier alpha value is -3.41. The van der Waals surface area contributed by atoms with E-state index in [1.165, 1.54) is 12.2 Å². The molecule has 4 fully saturated rings. The second kappa shape index (κ2) is 11.6. The van der Waals surface area contributed by atoms with Gasteiger partial charge >= 0.3 is 6.09 Å². The van der Waals surface area contributed by atoms with Gasteiger partial charge in [0.15, 0.2) is 18.1 Å². The summed E-state index contributed by atoms with van der Waals surface area (Å²) in [6, 6.07) is 5.88. The van der Waals surface area contributed by atoms with Crippen LogP contribution in [0.15, 0.2) is 48.1 Å². The van der Waals surface area contributed by atoms with Crippen molar-refractivity contribution < 1.29 is 38.1 Å². The van der Waals surface area contributed by atoms with Crippen LogP contribution in [0.2, 0.25) is 0 Å². The van der Waals surface area contributed by atoms with Crippen molar-refractivity contribution in [3.63, 3.8) is 0 Å². The third-order valence-corrected chi connectivity index (χ3v) is 12.2. The van der Waals surface area contributed by atoms with Crippen LogP contribution in [0, 0.1) is 34.5 Å². The molecule has 10 nitrogen and oxygen atoms in total. The van der Waals surface area contributed by atoms with Crippen LogP contribution < -0.4 is 16.4 Å². The zero-order valence-electron chi connectivity index (χ0n) is 27.7. The van der Waals surface area contributed by atoms with E-state index in [0.717, 1.165) is 5.56 Å². The first-order valence-corrected chi connectivity index (χ1v) is 16.7. The second-order valence-corrected chi connectivity index (χ2v) is 14.9. The minimum absolute atomic E-state index is 0.00540. The molecule has 5 N–H and O–H groups in total. The van der Waals surface area contributed by atoms with Crippen molar-refractivity contribution in [2.75, 3.05) is 18.5 Å². The lowest BCUT2D eigenvalue weighted by atomic mass is 9.43. The lowest BCUT2D eigenvalue weighted by Crippen LogP contribution is -2.76. The molecule has 1 aliphatic heterocycles. The Morgan fingerprint density at radius 3 is 2.51 bits per heavy atom. The SMILES string of the molecule is CC(C)[C@H](N)C(=O)Nc1ccc([C@H](C)NC(=O)OCC(=O)[C@]23OC[C@@]24C[C@H](O)[C@@]2(F)[C@@H](CCC5=CC(=O)C=C[C@@]52C)[C@@H]4C[C@H]3C)cc1. The number of ketones is 2. The smallest absolute Gasteiger partial charge is 0.408 e. The van der Waals surface area contributed by atoms with E-state index in [0.29, 0.717) is 30.5 Å². The van der Waals surface area contributed by atoms with Crippen molar-refractivity contribution in [2.45, 2.75) is 89.8 Å². The molecule has 2 amide bonds. The minimum Gasteiger partial charge on any atom is -0.441 e. The molecule has 11 heteroatoms. The minimum atomic E-state index is -1.99. The number of carbonyl (C=O) groups is 4. The van der Waals surface area contributed by atoms with Crippen LogP contribution in [0.3, 0.4) is 0 Å². The Kier molecular flexibility index (Phi) is 8.29. The van der Waals surface area contributed by atoms with Gasteiger partial charge in [0.1, 0.15) is 5.60 Å². The van der Waals surface area contributed by atoms with E-state index in [1.54, 1.807) is 44.2 Å². The number of nitrogens with one attached hydrogen (secondary N) is 2. The van der Waals surface area contributed by atoms with E-state index in [1.807, 2.05) is 20.8 Å². The van der Waals surface area contributed by atoms with E-state index >= 15 is 4.39 Å². The first kappa shape index (κ1) is 33.5. The molecule has 1 heterocycles. The predicted octanol–water partition coefficient (Wildman–Crippen LogP) is 4.33. The number of alkyl carbamates (subject to hydrolysis) is 1. The molecule has 1 aromatic rings. The summed E-state index contributed by atoms with van der Waals surface area (Å²) >= 11 is 0. The number of benzene rings is 1. The molecule has 6 rings (SSSR count). The normalized spacial score (nSPS) is 38.1. The quantitative estimate of drug-likeness (QED) is 0.324. The van der Waals surface area contributed by atoms with Crippen molar-refractivity contribution in [1.29, 1.82) is 0 Å². The number of aliphatic hydroxyl groups excluding tert-OH is 1. The van der Waals surface area contributed by atoms with E-state index in [-0.39, 0.29) is 48.3 Å². The lowest BCUT2D eigenvalue weighted by molar-refractivity contribution is -0.309. The third kappa shape index (κ3) is 4.83. The molecule has 4 aliphatic carbocycles. The molecule has 1 aromatic carbocycles. The van der Waals surface area contributed by atoms with E-state index in [4.69, 9.17) is 15.2 Å². The number of ether oxygens (including phenoxy) is 2. The number of alkyl halides is 1. The van der Waals surface area contributed by atoms with Gasteiger partial charge in [-0.15, -0.1) is 0 Å². The third-order valence-electron chi connectivity index (χ3n) is 12.2. The molecule has 254 valence electrons.